The number of rotatable bonds is 2. The van der Waals surface area contributed by atoms with Crippen LogP contribution in [0.1, 0.15) is 11.1 Å². The molecule has 0 unspecified atom stereocenters. The van der Waals surface area contributed by atoms with Crippen molar-refractivity contribution < 1.29 is 18.4 Å². The molecular weight excluding hydrogens is 263 g/mol. The average Bonchev–Trinajstić information content (AvgIpc) is 2.07. The minimum Gasteiger partial charge on any atom is -0.316 e. The van der Waals surface area contributed by atoms with E-state index >= 15 is 0 Å². The first-order chi connectivity index (χ1) is 6.45. The summed E-state index contributed by atoms with van der Waals surface area (Å²) < 4.78 is 37.1. The third-order valence-electron chi connectivity index (χ3n) is 1.62. The predicted molar refractivity (Wildman–Crippen MR) is 47.8 cm³/mol. The first-order valence-corrected chi connectivity index (χ1v) is 4.47. The number of hydrogen-bond acceptors (Lipinski definition) is 2. The van der Waals surface area contributed by atoms with Crippen molar-refractivity contribution in [3.8, 4) is 0 Å². The topological polar surface area (TPSA) is 32.3 Å². The molecule has 1 aromatic rings. The number of nitrogens with one attached hydrogen (secondary N) is 1. The van der Waals surface area contributed by atoms with Gasteiger partial charge < -0.3 is 5.21 Å². The molecule has 0 amide bonds. The summed E-state index contributed by atoms with van der Waals surface area (Å²) in [7, 11) is 0. The average molecular weight is 270 g/mol. The lowest BCUT2D eigenvalue weighted by Crippen LogP contribution is -2.10. The molecule has 0 saturated heterocycles. The third-order valence-corrected chi connectivity index (χ3v) is 2.31. The maximum atomic E-state index is 12.4. The fourth-order valence-electron chi connectivity index (χ4n) is 0.991. The molecule has 1 aromatic carbocycles. The van der Waals surface area contributed by atoms with Gasteiger partial charge in [-0.15, -0.1) is 0 Å². The Morgan fingerprint density at radius 3 is 2.50 bits per heavy atom. The highest BCUT2D eigenvalue weighted by Crippen LogP contribution is 2.35. The van der Waals surface area contributed by atoms with Crippen LogP contribution in [0.3, 0.4) is 0 Å². The van der Waals surface area contributed by atoms with Gasteiger partial charge in [-0.05, 0) is 17.7 Å². The molecule has 0 saturated carbocycles. The van der Waals surface area contributed by atoms with Crippen LogP contribution in [-0.4, -0.2) is 5.21 Å². The summed E-state index contributed by atoms with van der Waals surface area (Å²) in [4.78, 5) is 0. The van der Waals surface area contributed by atoms with Crippen molar-refractivity contribution in [3.05, 3.63) is 33.8 Å². The van der Waals surface area contributed by atoms with Gasteiger partial charge in [-0.1, -0.05) is 22.0 Å². The SMILES string of the molecule is ONCc1ccc(Br)c(C(F)(F)F)c1. The van der Waals surface area contributed by atoms with Crippen LogP contribution in [0.4, 0.5) is 13.2 Å². The van der Waals surface area contributed by atoms with Crippen LogP contribution in [0.5, 0.6) is 0 Å². The van der Waals surface area contributed by atoms with Crippen LogP contribution >= 0.6 is 15.9 Å². The first kappa shape index (κ1) is 11.5. The molecule has 14 heavy (non-hydrogen) atoms. The highest BCUT2D eigenvalue weighted by molar-refractivity contribution is 9.10. The van der Waals surface area contributed by atoms with Gasteiger partial charge in [0.05, 0.1) is 5.56 Å². The van der Waals surface area contributed by atoms with Crippen molar-refractivity contribution in [2.24, 2.45) is 0 Å². The Morgan fingerprint density at radius 1 is 1.36 bits per heavy atom. The summed E-state index contributed by atoms with van der Waals surface area (Å²) in [5.74, 6) is 0. The highest BCUT2D eigenvalue weighted by atomic mass is 79.9. The van der Waals surface area contributed by atoms with E-state index in [4.69, 9.17) is 5.21 Å². The molecule has 0 aliphatic heterocycles. The molecule has 0 fully saturated rings. The van der Waals surface area contributed by atoms with E-state index < -0.39 is 11.7 Å². The molecule has 2 nitrogen and oxygen atoms in total. The van der Waals surface area contributed by atoms with Crippen molar-refractivity contribution in [1.82, 2.24) is 5.48 Å². The number of hydrogen-bond donors (Lipinski definition) is 2. The van der Waals surface area contributed by atoms with Crippen molar-refractivity contribution in [2.75, 3.05) is 0 Å². The molecule has 0 aliphatic rings. The van der Waals surface area contributed by atoms with Gasteiger partial charge in [0.15, 0.2) is 0 Å². The van der Waals surface area contributed by atoms with Gasteiger partial charge in [0, 0.05) is 11.0 Å². The minimum atomic E-state index is -4.38. The highest BCUT2D eigenvalue weighted by Gasteiger charge is 2.32. The first-order valence-electron chi connectivity index (χ1n) is 3.67. The second-order valence-electron chi connectivity index (χ2n) is 2.65. The normalized spacial score (nSPS) is 11.8. The van der Waals surface area contributed by atoms with Gasteiger partial charge in [0.1, 0.15) is 0 Å². The fraction of sp³-hybridized carbons (Fsp3) is 0.250. The molecule has 2 N–H and O–H groups in total. The lowest BCUT2D eigenvalue weighted by molar-refractivity contribution is -0.138. The zero-order chi connectivity index (χ0) is 10.8. The van der Waals surface area contributed by atoms with Crippen LogP contribution in [-0.2, 0) is 12.7 Å². The largest absolute Gasteiger partial charge is 0.417 e. The summed E-state index contributed by atoms with van der Waals surface area (Å²) >= 11 is 2.81. The Morgan fingerprint density at radius 2 is 2.00 bits per heavy atom. The fourth-order valence-corrected chi connectivity index (χ4v) is 1.46. The van der Waals surface area contributed by atoms with Crippen LogP contribution in [0, 0.1) is 0 Å². The van der Waals surface area contributed by atoms with Crippen molar-refractivity contribution in [1.29, 1.82) is 0 Å². The summed E-state index contributed by atoms with van der Waals surface area (Å²) in [6, 6.07) is 3.77. The standard InChI is InChI=1S/C8H7BrF3NO/c9-7-2-1-5(4-13-14)3-6(7)8(10,11)12/h1-3,13-14H,4H2. The molecule has 0 aromatic heterocycles. The minimum absolute atomic E-state index is 0.00769. The van der Waals surface area contributed by atoms with E-state index in [1.54, 1.807) is 5.48 Å². The van der Waals surface area contributed by atoms with E-state index in [2.05, 4.69) is 15.9 Å². The summed E-state index contributed by atoms with van der Waals surface area (Å²) in [5, 5.41) is 8.34. The van der Waals surface area contributed by atoms with Gasteiger partial charge in [-0.3, -0.25) is 0 Å². The maximum Gasteiger partial charge on any atom is 0.417 e. The molecule has 0 radical (unpaired) electrons. The monoisotopic (exact) mass is 269 g/mol. The Bertz CT molecular complexity index is 327. The molecule has 0 heterocycles. The second kappa shape index (κ2) is 4.29. The Kier molecular flexibility index (Phi) is 3.52. The number of halogens is 4. The van der Waals surface area contributed by atoms with E-state index in [1.807, 2.05) is 0 Å². The Hall–Kier alpha value is -0.590. The zero-order valence-electron chi connectivity index (χ0n) is 6.90. The van der Waals surface area contributed by atoms with Gasteiger partial charge in [-0.25, -0.2) is 5.48 Å². The smallest absolute Gasteiger partial charge is 0.316 e. The van der Waals surface area contributed by atoms with Crippen LogP contribution in [0.25, 0.3) is 0 Å². The van der Waals surface area contributed by atoms with E-state index in [1.165, 1.54) is 12.1 Å². The lowest BCUT2D eigenvalue weighted by Gasteiger charge is -2.10. The zero-order valence-corrected chi connectivity index (χ0v) is 8.48. The van der Waals surface area contributed by atoms with Gasteiger partial charge >= 0.3 is 6.18 Å². The Balaban J connectivity index is 3.09. The van der Waals surface area contributed by atoms with E-state index in [0.717, 1.165) is 6.07 Å². The number of hydroxylamine groups is 1. The van der Waals surface area contributed by atoms with Crippen molar-refractivity contribution >= 4 is 15.9 Å². The molecule has 0 atom stereocenters. The predicted octanol–water partition coefficient (Wildman–Crippen LogP) is 2.95. The summed E-state index contributed by atoms with van der Waals surface area (Å²) in [6.45, 7) is -0.0175. The van der Waals surface area contributed by atoms with Crippen molar-refractivity contribution in [2.45, 2.75) is 12.7 Å². The van der Waals surface area contributed by atoms with Gasteiger partial charge in [0.2, 0.25) is 0 Å². The second-order valence-corrected chi connectivity index (χ2v) is 3.50. The summed E-state index contributed by atoms with van der Waals surface area (Å²) in [5.41, 5.74) is 1.42. The van der Waals surface area contributed by atoms with E-state index in [0.29, 0.717) is 5.56 Å². The third kappa shape index (κ3) is 2.70. The summed E-state index contributed by atoms with van der Waals surface area (Å²) in [6.07, 6.45) is -4.38. The molecule has 78 valence electrons. The number of alkyl halides is 3. The van der Waals surface area contributed by atoms with Crippen LogP contribution in [0.2, 0.25) is 0 Å². The molecule has 1 rings (SSSR count). The lowest BCUT2D eigenvalue weighted by atomic mass is 10.1. The van der Waals surface area contributed by atoms with Crippen LogP contribution in [0.15, 0.2) is 22.7 Å². The van der Waals surface area contributed by atoms with Gasteiger partial charge in [-0.2, -0.15) is 13.2 Å². The molecular formula is C8H7BrF3NO. The quantitative estimate of drug-likeness (QED) is 0.810. The number of benzene rings is 1. The van der Waals surface area contributed by atoms with Crippen molar-refractivity contribution in [3.63, 3.8) is 0 Å². The van der Waals surface area contributed by atoms with E-state index in [-0.39, 0.29) is 11.0 Å². The maximum absolute atomic E-state index is 12.4. The molecule has 0 bridgehead atoms. The van der Waals surface area contributed by atoms with E-state index in [9.17, 15) is 13.2 Å². The molecule has 0 aliphatic carbocycles. The Labute approximate surface area is 86.8 Å². The van der Waals surface area contributed by atoms with Gasteiger partial charge in [0.25, 0.3) is 0 Å². The van der Waals surface area contributed by atoms with Crippen LogP contribution < -0.4 is 5.48 Å². The molecule has 6 heteroatoms. The molecule has 0 spiro atoms.